The molecule has 0 bridgehead atoms. The number of aryl methyl sites for hydroxylation is 1. The Labute approximate surface area is 180 Å². The first-order chi connectivity index (χ1) is 11.2. The number of hydrogen-bond donors (Lipinski definition) is 1. The molecule has 8 heteroatoms. The fourth-order valence-electron chi connectivity index (χ4n) is 2.32. The molecule has 0 fully saturated rings. The van der Waals surface area contributed by atoms with Gasteiger partial charge in [-0.05, 0) is 22.0 Å². The molecule has 0 saturated carbocycles. The van der Waals surface area contributed by atoms with Crippen LogP contribution in [0, 0.1) is 0 Å². The van der Waals surface area contributed by atoms with Crippen LogP contribution in [0.15, 0.2) is 27.1 Å². The molecule has 1 N–H and O–H groups in total. The van der Waals surface area contributed by atoms with E-state index in [-0.39, 0.29) is 29.4 Å². The number of nitrogens with one attached hydrogen (secondary N) is 1. The molecule has 0 atom stereocenters. The van der Waals surface area contributed by atoms with Crippen molar-refractivity contribution in [3.05, 3.63) is 38.5 Å². The third kappa shape index (κ3) is 6.25. The van der Waals surface area contributed by atoms with Crippen molar-refractivity contribution in [1.82, 2.24) is 19.8 Å². The van der Waals surface area contributed by atoms with E-state index < -0.39 is 0 Å². The molecule has 2 heterocycles. The van der Waals surface area contributed by atoms with Crippen molar-refractivity contribution >= 4 is 57.2 Å². The lowest BCUT2D eigenvalue weighted by Gasteiger charge is -2.22. The normalized spacial score (nSPS) is 12.0. The number of aromatic nitrogens is 2. The Balaban J connectivity index is 0.00000312. The molecule has 2 rings (SSSR count). The summed E-state index contributed by atoms with van der Waals surface area (Å²) in [6, 6.07) is 2.13. The fourth-order valence-corrected chi connectivity index (χ4v) is 3.85. The molecule has 0 saturated heterocycles. The number of rotatable bonds is 4. The number of aliphatic imine (C=N–C) groups is 1. The van der Waals surface area contributed by atoms with Gasteiger partial charge in [0.2, 0.25) is 0 Å². The molecule has 0 aliphatic rings. The molecule has 25 heavy (non-hydrogen) atoms. The molecule has 0 aliphatic heterocycles. The van der Waals surface area contributed by atoms with E-state index in [0.29, 0.717) is 6.54 Å². The van der Waals surface area contributed by atoms with Gasteiger partial charge in [0, 0.05) is 48.3 Å². The second kappa shape index (κ2) is 9.36. The molecule has 0 radical (unpaired) electrons. The van der Waals surface area contributed by atoms with Gasteiger partial charge in [0.05, 0.1) is 18.8 Å². The maximum Gasteiger partial charge on any atom is 0.194 e. The molecule has 140 valence electrons. The maximum absolute atomic E-state index is 4.72. The van der Waals surface area contributed by atoms with E-state index in [1.807, 2.05) is 21.1 Å². The quantitative estimate of drug-likeness (QED) is 0.356. The van der Waals surface area contributed by atoms with Crippen molar-refractivity contribution < 1.29 is 0 Å². The predicted molar refractivity (Wildman–Crippen MR) is 121 cm³/mol. The average molecular weight is 540 g/mol. The van der Waals surface area contributed by atoms with Gasteiger partial charge < -0.3 is 14.8 Å². The minimum atomic E-state index is 0. The summed E-state index contributed by atoms with van der Waals surface area (Å²) < 4.78 is 3.21. The van der Waals surface area contributed by atoms with Crippen LogP contribution < -0.4 is 5.32 Å². The van der Waals surface area contributed by atoms with Gasteiger partial charge in [-0.1, -0.05) is 20.8 Å². The SMILES string of the molecule is CN=C(NCc1nc(C(C)(C)C)cs1)N(C)Cc1cc(Br)cn1C.I. The Morgan fingerprint density at radius 1 is 1.44 bits per heavy atom. The number of halogens is 2. The van der Waals surface area contributed by atoms with Gasteiger partial charge in [-0.2, -0.15) is 0 Å². The molecular formula is C17H27BrIN5S. The van der Waals surface area contributed by atoms with Gasteiger partial charge in [-0.3, -0.25) is 4.99 Å². The smallest absolute Gasteiger partial charge is 0.194 e. The van der Waals surface area contributed by atoms with E-state index in [2.05, 4.69) is 74.1 Å². The summed E-state index contributed by atoms with van der Waals surface area (Å²) in [4.78, 5) is 11.2. The van der Waals surface area contributed by atoms with Gasteiger partial charge >= 0.3 is 0 Å². The molecular weight excluding hydrogens is 513 g/mol. The van der Waals surface area contributed by atoms with Crippen LogP contribution in [-0.2, 0) is 25.6 Å². The minimum absolute atomic E-state index is 0. The van der Waals surface area contributed by atoms with Crippen LogP contribution in [-0.4, -0.2) is 34.5 Å². The Morgan fingerprint density at radius 3 is 2.60 bits per heavy atom. The Morgan fingerprint density at radius 2 is 2.12 bits per heavy atom. The molecule has 2 aromatic rings. The molecule has 0 spiro atoms. The second-order valence-corrected chi connectivity index (χ2v) is 8.75. The summed E-state index contributed by atoms with van der Waals surface area (Å²) in [6.07, 6.45) is 2.06. The van der Waals surface area contributed by atoms with E-state index in [0.717, 1.165) is 27.7 Å². The Hall–Kier alpha value is -0.610. The van der Waals surface area contributed by atoms with Gasteiger partial charge in [0.1, 0.15) is 5.01 Å². The van der Waals surface area contributed by atoms with Gasteiger partial charge in [-0.25, -0.2) is 4.98 Å². The summed E-state index contributed by atoms with van der Waals surface area (Å²) in [5.74, 6) is 0.861. The lowest BCUT2D eigenvalue weighted by Crippen LogP contribution is -2.38. The molecule has 5 nitrogen and oxygen atoms in total. The number of hydrogen-bond acceptors (Lipinski definition) is 3. The molecule has 0 amide bonds. The van der Waals surface area contributed by atoms with Crippen molar-refractivity contribution in [2.45, 2.75) is 39.3 Å². The summed E-state index contributed by atoms with van der Waals surface area (Å²) in [5, 5.41) is 6.62. The maximum atomic E-state index is 4.72. The van der Waals surface area contributed by atoms with Crippen LogP contribution in [0.4, 0.5) is 0 Å². The average Bonchev–Trinajstić information content (AvgIpc) is 3.06. The van der Waals surface area contributed by atoms with Crippen LogP contribution in [0.1, 0.15) is 37.2 Å². The monoisotopic (exact) mass is 539 g/mol. The largest absolute Gasteiger partial charge is 0.352 e. The van der Waals surface area contributed by atoms with Crippen molar-refractivity contribution in [2.24, 2.45) is 12.0 Å². The zero-order valence-corrected chi connectivity index (χ0v) is 20.4. The molecule has 0 aromatic carbocycles. The first-order valence-electron chi connectivity index (χ1n) is 7.88. The van der Waals surface area contributed by atoms with Crippen LogP contribution in [0.3, 0.4) is 0 Å². The molecule has 0 aliphatic carbocycles. The third-order valence-electron chi connectivity index (χ3n) is 3.76. The van der Waals surface area contributed by atoms with Gasteiger partial charge in [0.25, 0.3) is 0 Å². The standard InChI is InChI=1S/C17H26BrN5S.HI/c1-17(2,3)14-11-24-15(21-14)8-20-16(19-4)23(6)10-13-7-12(18)9-22(13)5;/h7,9,11H,8,10H2,1-6H3,(H,19,20);1H. The number of thiazole rings is 1. The van der Waals surface area contributed by atoms with E-state index in [1.54, 1.807) is 11.3 Å². The summed E-state index contributed by atoms with van der Waals surface area (Å²) in [7, 11) is 5.90. The van der Waals surface area contributed by atoms with Crippen molar-refractivity contribution in [3.8, 4) is 0 Å². The summed E-state index contributed by atoms with van der Waals surface area (Å²) in [6.45, 7) is 8.03. The topological polar surface area (TPSA) is 45.5 Å². The van der Waals surface area contributed by atoms with E-state index in [4.69, 9.17) is 4.98 Å². The highest BCUT2D eigenvalue weighted by Crippen LogP contribution is 2.23. The fraction of sp³-hybridized carbons (Fsp3) is 0.529. The predicted octanol–water partition coefficient (Wildman–Crippen LogP) is 4.37. The summed E-state index contributed by atoms with van der Waals surface area (Å²) in [5.41, 5.74) is 2.45. The van der Waals surface area contributed by atoms with Crippen LogP contribution in [0.2, 0.25) is 0 Å². The van der Waals surface area contributed by atoms with E-state index in [9.17, 15) is 0 Å². The first kappa shape index (κ1) is 22.4. The van der Waals surface area contributed by atoms with Crippen LogP contribution >= 0.6 is 51.2 Å². The first-order valence-corrected chi connectivity index (χ1v) is 9.55. The number of guanidine groups is 1. The summed E-state index contributed by atoms with van der Waals surface area (Å²) >= 11 is 5.21. The zero-order chi connectivity index (χ0) is 17.9. The van der Waals surface area contributed by atoms with E-state index >= 15 is 0 Å². The van der Waals surface area contributed by atoms with E-state index in [1.165, 1.54) is 5.69 Å². The molecule has 0 unspecified atom stereocenters. The van der Waals surface area contributed by atoms with Crippen molar-refractivity contribution in [2.75, 3.05) is 14.1 Å². The Bertz CT molecular complexity index is 717. The molecule has 2 aromatic heterocycles. The van der Waals surface area contributed by atoms with Gasteiger partial charge in [-0.15, -0.1) is 35.3 Å². The van der Waals surface area contributed by atoms with Gasteiger partial charge in [0.15, 0.2) is 5.96 Å². The van der Waals surface area contributed by atoms with Crippen molar-refractivity contribution in [3.63, 3.8) is 0 Å². The minimum Gasteiger partial charge on any atom is -0.352 e. The highest BCUT2D eigenvalue weighted by atomic mass is 127. The zero-order valence-electron chi connectivity index (χ0n) is 15.6. The number of nitrogens with zero attached hydrogens (tertiary/aromatic N) is 4. The third-order valence-corrected chi connectivity index (χ3v) is 5.05. The van der Waals surface area contributed by atoms with Crippen molar-refractivity contribution in [1.29, 1.82) is 0 Å². The Kier molecular flexibility index (Phi) is 8.40. The highest BCUT2D eigenvalue weighted by Gasteiger charge is 2.17. The second-order valence-electron chi connectivity index (χ2n) is 6.89. The van der Waals surface area contributed by atoms with Crippen LogP contribution in [0.25, 0.3) is 0 Å². The van der Waals surface area contributed by atoms with Crippen LogP contribution in [0.5, 0.6) is 0 Å². The lowest BCUT2D eigenvalue weighted by molar-refractivity contribution is 0.461. The lowest BCUT2D eigenvalue weighted by atomic mass is 9.93. The highest BCUT2D eigenvalue weighted by molar-refractivity contribution is 14.0.